The molecule has 0 aromatic heterocycles. The van der Waals surface area contributed by atoms with Crippen LogP contribution in [-0.2, 0) is 11.2 Å². The number of hydrogen-bond donors (Lipinski definition) is 0. The molecule has 0 spiro atoms. The molecule has 0 aliphatic rings. The van der Waals surface area contributed by atoms with E-state index in [9.17, 15) is 4.79 Å². The van der Waals surface area contributed by atoms with Crippen LogP contribution in [0.3, 0.4) is 0 Å². The predicted octanol–water partition coefficient (Wildman–Crippen LogP) is 2.74. The molecule has 1 aromatic rings. The van der Waals surface area contributed by atoms with Crippen LogP contribution >= 0.6 is 11.6 Å². The fourth-order valence-corrected chi connectivity index (χ4v) is 1.56. The molecule has 0 atom stereocenters. The number of para-hydroxylation sites is 1. The Kier molecular flexibility index (Phi) is 4.63. The second-order valence-corrected chi connectivity index (χ2v) is 3.61. The summed E-state index contributed by atoms with van der Waals surface area (Å²) in [6, 6.07) is 5.80. The van der Waals surface area contributed by atoms with Gasteiger partial charge < -0.3 is 4.74 Å². The summed E-state index contributed by atoms with van der Waals surface area (Å²) in [5, 5.41) is 0. The molecule has 0 aliphatic carbocycles. The van der Waals surface area contributed by atoms with Crippen LogP contribution in [0.4, 0.5) is 0 Å². The number of carbonyl (C=O) groups is 1. The molecule has 0 radical (unpaired) electrons. The van der Waals surface area contributed by atoms with Crippen molar-refractivity contribution in [2.24, 2.45) is 0 Å². The van der Waals surface area contributed by atoms with Crippen LogP contribution in [0.25, 0.3) is 0 Å². The number of benzene rings is 1. The van der Waals surface area contributed by atoms with Gasteiger partial charge in [-0.2, -0.15) is 0 Å². The van der Waals surface area contributed by atoms with E-state index in [0.29, 0.717) is 13.0 Å². The van der Waals surface area contributed by atoms with E-state index >= 15 is 0 Å². The van der Waals surface area contributed by atoms with Crippen molar-refractivity contribution in [3.05, 3.63) is 29.3 Å². The third kappa shape index (κ3) is 3.24. The average molecular weight is 227 g/mol. The van der Waals surface area contributed by atoms with E-state index in [1.807, 2.05) is 32.0 Å². The van der Waals surface area contributed by atoms with Crippen LogP contribution in [0.15, 0.2) is 18.2 Å². The summed E-state index contributed by atoms with van der Waals surface area (Å²) in [7, 11) is 0. The number of halogens is 1. The smallest absolute Gasteiger partial charge is 0.152 e. The van der Waals surface area contributed by atoms with Gasteiger partial charge in [0.05, 0.1) is 12.5 Å². The molecule has 3 heteroatoms. The molecule has 15 heavy (non-hydrogen) atoms. The van der Waals surface area contributed by atoms with Crippen molar-refractivity contribution in [1.29, 1.82) is 0 Å². The largest absolute Gasteiger partial charge is 0.493 e. The Hall–Kier alpha value is -1.02. The van der Waals surface area contributed by atoms with Crippen molar-refractivity contribution in [3.63, 3.8) is 0 Å². The minimum Gasteiger partial charge on any atom is -0.493 e. The highest BCUT2D eigenvalue weighted by Crippen LogP contribution is 2.24. The molecule has 0 aliphatic heterocycles. The standard InChI is InChI=1S/C12H15ClO2/c1-3-15-12-9(2)5-4-6-10(12)7-11(14)8-13/h4-6H,3,7-8H2,1-2H3. The number of aryl methyl sites for hydroxylation is 1. The molecule has 0 unspecified atom stereocenters. The third-order valence-corrected chi connectivity index (χ3v) is 2.42. The lowest BCUT2D eigenvalue weighted by Gasteiger charge is -2.11. The van der Waals surface area contributed by atoms with Gasteiger partial charge in [-0.25, -0.2) is 0 Å². The number of hydrogen-bond acceptors (Lipinski definition) is 2. The summed E-state index contributed by atoms with van der Waals surface area (Å²) in [6.07, 6.45) is 0.348. The van der Waals surface area contributed by atoms with E-state index in [4.69, 9.17) is 16.3 Å². The topological polar surface area (TPSA) is 26.3 Å². The van der Waals surface area contributed by atoms with Gasteiger partial charge in [0.25, 0.3) is 0 Å². The first-order valence-electron chi connectivity index (χ1n) is 4.98. The highest BCUT2D eigenvalue weighted by Gasteiger charge is 2.09. The molecule has 0 N–H and O–H groups in total. The van der Waals surface area contributed by atoms with E-state index in [-0.39, 0.29) is 11.7 Å². The van der Waals surface area contributed by atoms with Crippen molar-refractivity contribution in [1.82, 2.24) is 0 Å². The quantitative estimate of drug-likeness (QED) is 0.722. The monoisotopic (exact) mass is 226 g/mol. The van der Waals surface area contributed by atoms with Gasteiger partial charge in [0, 0.05) is 12.0 Å². The maximum atomic E-state index is 11.3. The minimum absolute atomic E-state index is 0.0169. The van der Waals surface area contributed by atoms with Crippen molar-refractivity contribution in [2.45, 2.75) is 20.3 Å². The van der Waals surface area contributed by atoms with Gasteiger partial charge in [-0.1, -0.05) is 18.2 Å². The summed E-state index contributed by atoms with van der Waals surface area (Å²) in [6.45, 7) is 4.51. The molecule has 1 aromatic carbocycles. The fourth-order valence-electron chi connectivity index (χ4n) is 1.46. The first kappa shape index (κ1) is 12.1. The Morgan fingerprint density at radius 1 is 1.47 bits per heavy atom. The molecule has 0 saturated carbocycles. The molecular formula is C12H15ClO2. The lowest BCUT2D eigenvalue weighted by molar-refractivity contribution is -0.116. The normalized spacial score (nSPS) is 10.1. The number of rotatable bonds is 5. The number of alkyl halides is 1. The van der Waals surface area contributed by atoms with Gasteiger partial charge in [0.2, 0.25) is 0 Å². The van der Waals surface area contributed by atoms with Crippen LogP contribution in [0, 0.1) is 6.92 Å². The van der Waals surface area contributed by atoms with Crippen LogP contribution in [0.1, 0.15) is 18.1 Å². The Morgan fingerprint density at radius 2 is 2.20 bits per heavy atom. The van der Waals surface area contributed by atoms with Gasteiger partial charge in [0.1, 0.15) is 5.75 Å². The number of ketones is 1. The lowest BCUT2D eigenvalue weighted by Crippen LogP contribution is -2.07. The molecule has 0 bridgehead atoms. The zero-order valence-electron chi connectivity index (χ0n) is 9.05. The summed E-state index contributed by atoms with van der Waals surface area (Å²) >= 11 is 5.48. The van der Waals surface area contributed by atoms with Gasteiger partial charge in [-0.05, 0) is 19.4 Å². The maximum absolute atomic E-state index is 11.3. The van der Waals surface area contributed by atoms with Crippen molar-refractivity contribution >= 4 is 17.4 Å². The van der Waals surface area contributed by atoms with E-state index in [0.717, 1.165) is 16.9 Å². The summed E-state index contributed by atoms with van der Waals surface area (Å²) in [5.74, 6) is 0.890. The zero-order valence-corrected chi connectivity index (χ0v) is 9.80. The predicted molar refractivity (Wildman–Crippen MR) is 61.8 cm³/mol. The first-order valence-corrected chi connectivity index (χ1v) is 5.51. The Labute approximate surface area is 95.2 Å². The summed E-state index contributed by atoms with van der Waals surface area (Å²) in [4.78, 5) is 11.3. The molecular weight excluding hydrogens is 212 g/mol. The molecule has 0 fully saturated rings. The maximum Gasteiger partial charge on any atom is 0.152 e. The zero-order chi connectivity index (χ0) is 11.3. The summed E-state index contributed by atoms with van der Waals surface area (Å²) < 4.78 is 5.52. The average Bonchev–Trinajstić information content (AvgIpc) is 2.23. The third-order valence-electron chi connectivity index (χ3n) is 2.12. The van der Waals surface area contributed by atoms with E-state index < -0.39 is 0 Å². The SMILES string of the molecule is CCOc1c(C)cccc1CC(=O)CCl. The van der Waals surface area contributed by atoms with E-state index in [1.54, 1.807) is 0 Å². The molecule has 0 heterocycles. The van der Waals surface area contributed by atoms with Crippen molar-refractivity contribution < 1.29 is 9.53 Å². The van der Waals surface area contributed by atoms with Gasteiger partial charge >= 0.3 is 0 Å². The first-order chi connectivity index (χ1) is 7.19. The highest BCUT2D eigenvalue weighted by atomic mass is 35.5. The Balaban J connectivity index is 2.94. The second kappa shape index (κ2) is 5.76. The number of Topliss-reactive ketones (excluding diaryl/α,β-unsaturated/α-hetero) is 1. The van der Waals surface area contributed by atoms with E-state index in [2.05, 4.69) is 0 Å². The van der Waals surface area contributed by atoms with Crippen LogP contribution < -0.4 is 4.74 Å². The van der Waals surface area contributed by atoms with Gasteiger partial charge in [0.15, 0.2) is 5.78 Å². The Morgan fingerprint density at radius 3 is 2.80 bits per heavy atom. The molecule has 0 saturated heterocycles. The number of ether oxygens (including phenoxy) is 1. The van der Waals surface area contributed by atoms with E-state index in [1.165, 1.54) is 0 Å². The molecule has 1 rings (SSSR count). The van der Waals surface area contributed by atoms with Gasteiger partial charge in [-0.3, -0.25) is 4.79 Å². The Bertz CT molecular complexity index is 347. The molecule has 0 amide bonds. The molecule has 82 valence electrons. The second-order valence-electron chi connectivity index (χ2n) is 3.35. The number of carbonyl (C=O) groups excluding carboxylic acids is 1. The fraction of sp³-hybridized carbons (Fsp3) is 0.417. The highest BCUT2D eigenvalue weighted by molar-refractivity contribution is 6.27. The van der Waals surface area contributed by atoms with Crippen LogP contribution in [0.5, 0.6) is 5.75 Å². The van der Waals surface area contributed by atoms with Crippen LogP contribution in [-0.4, -0.2) is 18.3 Å². The summed E-state index contributed by atoms with van der Waals surface area (Å²) in [5.41, 5.74) is 1.97. The van der Waals surface area contributed by atoms with Crippen molar-refractivity contribution in [2.75, 3.05) is 12.5 Å². The minimum atomic E-state index is 0.0169. The van der Waals surface area contributed by atoms with Gasteiger partial charge in [-0.15, -0.1) is 11.6 Å². The van der Waals surface area contributed by atoms with Crippen LogP contribution in [0.2, 0.25) is 0 Å². The lowest BCUT2D eigenvalue weighted by atomic mass is 10.1. The molecule has 2 nitrogen and oxygen atoms in total. The van der Waals surface area contributed by atoms with Crippen molar-refractivity contribution in [3.8, 4) is 5.75 Å².